The summed E-state index contributed by atoms with van der Waals surface area (Å²) in [6.45, 7) is 2.93. The van der Waals surface area contributed by atoms with Gasteiger partial charge in [0.2, 0.25) is 11.8 Å². The molecule has 0 aliphatic rings. The van der Waals surface area contributed by atoms with E-state index in [1.165, 1.54) is 11.3 Å². The highest BCUT2D eigenvalue weighted by atomic mass is 35.5. The molecule has 3 aromatic heterocycles. The fourth-order valence-electron chi connectivity index (χ4n) is 3.03. The molecule has 4 rings (SSSR count). The summed E-state index contributed by atoms with van der Waals surface area (Å²) in [5.74, 6) is 0.770. The van der Waals surface area contributed by atoms with E-state index in [1.54, 1.807) is 27.9 Å². The number of rotatable bonds is 7. The van der Waals surface area contributed by atoms with Crippen molar-refractivity contribution in [3.8, 4) is 10.8 Å². The lowest BCUT2D eigenvalue weighted by Crippen LogP contribution is -2.34. The molecule has 1 aromatic carbocycles. The smallest absolute Gasteiger partial charge is 0.257 e. The van der Waals surface area contributed by atoms with E-state index < -0.39 is 0 Å². The fraction of sp³-hybridized carbons (Fsp3) is 0.263. The molecule has 0 fully saturated rings. The van der Waals surface area contributed by atoms with Gasteiger partial charge in [-0.25, -0.2) is 4.98 Å². The third-order valence-corrected chi connectivity index (χ3v) is 5.67. The summed E-state index contributed by atoms with van der Waals surface area (Å²) in [4.78, 5) is 19.9. The molecule has 0 atom stereocenters. The van der Waals surface area contributed by atoms with Crippen molar-refractivity contribution in [2.45, 2.75) is 26.4 Å². The molecule has 3 heterocycles. The van der Waals surface area contributed by atoms with E-state index in [-0.39, 0.29) is 19.0 Å². The molecule has 7 nitrogen and oxygen atoms in total. The summed E-state index contributed by atoms with van der Waals surface area (Å²) in [6.07, 6.45) is 2.40. The predicted octanol–water partition coefficient (Wildman–Crippen LogP) is 4.89. The largest absolute Gasteiger partial charge is 0.418 e. The van der Waals surface area contributed by atoms with Gasteiger partial charge in [-0.15, -0.1) is 21.5 Å². The van der Waals surface area contributed by atoms with Crippen LogP contribution >= 0.6 is 34.5 Å². The van der Waals surface area contributed by atoms with Gasteiger partial charge < -0.3 is 13.9 Å². The minimum absolute atomic E-state index is 0.0898. The molecular weight excluding hydrogens is 433 g/mol. The lowest BCUT2D eigenvalue weighted by atomic mass is 10.3. The van der Waals surface area contributed by atoms with Crippen molar-refractivity contribution in [1.82, 2.24) is 24.6 Å². The highest BCUT2D eigenvalue weighted by Crippen LogP contribution is 2.27. The van der Waals surface area contributed by atoms with Gasteiger partial charge in [0.15, 0.2) is 0 Å². The Kier molecular flexibility index (Phi) is 5.84. The molecular formula is C19H17Cl2N5O2S. The number of aromatic nitrogens is 4. The molecule has 0 saturated heterocycles. The molecule has 1 amide bonds. The van der Waals surface area contributed by atoms with Crippen molar-refractivity contribution in [2.24, 2.45) is 0 Å². The van der Waals surface area contributed by atoms with E-state index in [0.717, 1.165) is 11.3 Å². The van der Waals surface area contributed by atoms with E-state index >= 15 is 0 Å². The third-order valence-electron chi connectivity index (χ3n) is 4.31. The van der Waals surface area contributed by atoms with E-state index in [2.05, 4.69) is 15.2 Å². The van der Waals surface area contributed by atoms with Crippen LogP contribution in [0.1, 0.15) is 19.2 Å². The number of nitrogens with zero attached hydrogens (tertiary/aromatic N) is 5. The third kappa shape index (κ3) is 4.29. The SMILES string of the molecule is CCCN(Cc1nnc(-c2cccs2)o1)C(=O)Cn1cnc2cc(Cl)cc(Cl)c21. The minimum atomic E-state index is -0.0898. The van der Waals surface area contributed by atoms with Crippen LogP contribution in [-0.2, 0) is 17.9 Å². The van der Waals surface area contributed by atoms with Crippen LogP contribution in [0.15, 0.2) is 40.4 Å². The molecule has 0 bridgehead atoms. The predicted molar refractivity (Wildman–Crippen MR) is 113 cm³/mol. The standard InChI is InChI=1S/C19H17Cl2N5O2S/c1-2-5-25(9-16-23-24-19(28-16)15-4-3-6-29-15)17(27)10-26-11-22-14-8-12(20)7-13(21)18(14)26/h3-4,6-8,11H,2,5,9-10H2,1H3. The number of fused-ring (bicyclic) bond motifs is 1. The fourth-order valence-corrected chi connectivity index (χ4v) is 4.27. The van der Waals surface area contributed by atoms with Gasteiger partial charge in [0.1, 0.15) is 6.54 Å². The zero-order valence-electron chi connectivity index (χ0n) is 15.5. The maximum absolute atomic E-state index is 13.0. The van der Waals surface area contributed by atoms with Crippen molar-refractivity contribution >= 4 is 51.5 Å². The van der Waals surface area contributed by atoms with Gasteiger partial charge >= 0.3 is 0 Å². The monoisotopic (exact) mass is 449 g/mol. The Labute approximate surface area is 180 Å². The van der Waals surface area contributed by atoms with E-state index in [1.807, 2.05) is 24.4 Å². The highest BCUT2D eigenvalue weighted by molar-refractivity contribution is 7.13. The van der Waals surface area contributed by atoms with Crippen LogP contribution in [0.2, 0.25) is 10.0 Å². The number of amides is 1. The van der Waals surface area contributed by atoms with E-state index in [4.69, 9.17) is 27.6 Å². The lowest BCUT2D eigenvalue weighted by Gasteiger charge is -2.20. The number of hydrogen-bond acceptors (Lipinski definition) is 6. The van der Waals surface area contributed by atoms with Crippen LogP contribution in [0.5, 0.6) is 0 Å². The number of hydrogen-bond donors (Lipinski definition) is 0. The van der Waals surface area contributed by atoms with Crippen LogP contribution in [0.4, 0.5) is 0 Å². The van der Waals surface area contributed by atoms with Crippen molar-refractivity contribution in [3.63, 3.8) is 0 Å². The van der Waals surface area contributed by atoms with Crippen LogP contribution in [0, 0.1) is 0 Å². The van der Waals surface area contributed by atoms with E-state index in [9.17, 15) is 4.79 Å². The normalized spacial score (nSPS) is 11.3. The van der Waals surface area contributed by atoms with Crippen molar-refractivity contribution in [3.05, 3.63) is 51.9 Å². The minimum Gasteiger partial charge on any atom is -0.418 e. The van der Waals surface area contributed by atoms with Crippen LogP contribution in [0.3, 0.4) is 0 Å². The van der Waals surface area contributed by atoms with Gasteiger partial charge in [0, 0.05) is 11.6 Å². The molecule has 29 heavy (non-hydrogen) atoms. The zero-order valence-corrected chi connectivity index (χ0v) is 17.8. The first-order chi connectivity index (χ1) is 14.0. The Morgan fingerprint density at radius 3 is 2.93 bits per heavy atom. The summed E-state index contributed by atoms with van der Waals surface area (Å²) < 4.78 is 7.46. The maximum atomic E-state index is 13.0. The first kappa shape index (κ1) is 19.9. The molecule has 0 N–H and O–H groups in total. The summed E-state index contributed by atoms with van der Waals surface area (Å²) in [5, 5.41) is 11.1. The summed E-state index contributed by atoms with van der Waals surface area (Å²) in [7, 11) is 0. The van der Waals surface area contributed by atoms with Crippen LogP contribution in [-0.4, -0.2) is 37.1 Å². The number of carbonyl (C=O) groups excluding carboxylic acids is 1. The molecule has 4 aromatic rings. The number of thiophene rings is 1. The lowest BCUT2D eigenvalue weighted by molar-refractivity contribution is -0.132. The second-order valence-electron chi connectivity index (χ2n) is 6.42. The Bertz CT molecular complexity index is 1140. The average Bonchev–Trinajstić information content (AvgIpc) is 3.41. The topological polar surface area (TPSA) is 77.0 Å². The summed E-state index contributed by atoms with van der Waals surface area (Å²) in [6, 6.07) is 7.20. The molecule has 0 aliphatic carbocycles. The highest BCUT2D eigenvalue weighted by Gasteiger charge is 2.19. The Morgan fingerprint density at radius 2 is 2.17 bits per heavy atom. The van der Waals surface area contributed by atoms with Gasteiger partial charge in [-0.1, -0.05) is 36.2 Å². The van der Waals surface area contributed by atoms with Gasteiger partial charge in [-0.2, -0.15) is 0 Å². The Morgan fingerprint density at radius 1 is 1.31 bits per heavy atom. The number of halogens is 2. The van der Waals surface area contributed by atoms with Crippen molar-refractivity contribution in [1.29, 1.82) is 0 Å². The molecule has 150 valence electrons. The number of carbonyl (C=O) groups is 1. The van der Waals surface area contributed by atoms with E-state index in [0.29, 0.717) is 39.4 Å². The number of benzene rings is 1. The molecule has 0 unspecified atom stereocenters. The zero-order chi connectivity index (χ0) is 20.4. The quantitative estimate of drug-likeness (QED) is 0.401. The Hall–Kier alpha value is -2.42. The van der Waals surface area contributed by atoms with Crippen LogP contribution in [0.25, 0.3) is 21.8 Å². The average molecular weight is 450 g/mol. The van der Waals surface area contributed by atoms with Crippen molar-refractivity contribution in [2.75, 3.05) is 6.54 Å². The molecule has 0 radical (unpaired) electrons. The van der Waals surface area contributed by atoms with Gasteiger partial charge in [-0.05, 0) is 30.0 Å². The second kappa shape index (κ2) is 8.52. The molecule has 0 spiro atoms. The van der Waals surface area contributed by atoms with Gasteiger partial charge in [0.05, 0.1) is 33.8 Å². The summed E-state index contributed by atoms with van der Waals surface area (Å²) >= 11 is 13.9. The van der Waals surface area contributed by atoms with Crippen LogP contribution < -0.4 is 0 Å². The first-order valence-electron chi connectivity index (χ1n) is 8.99. The molecule has 0 aliphatic heterocycles. The Balaban J connectivity index is 1.52. The number of imidazole rings is 1. The second-order valence-corrected chi connectivity index (χ2v) is 8.21. The maximum Gasteiger partial charge on any atom is 0.257 e. The summed E-state index contributed by atoms with van der Waals surface area (Å²) in [5.41, 5.74) is 1.33. The first-order valence-corrected chi connectivity index (χ1v) is 10.6. The van der Waals surface area contributed by atoms with Gasteiger partial charge in [0.25, 0.3) is 5.89 Å². The van der Waals surface area contributed by atoms with Gasteiger partial charge in [-0.3, -0.25) is 4.79 Å². The molecule has 0 saturated carbocycles. The molecule has 10 heteroatoms. The van der Waals surface area contributed by atoms with Crippen molar-refractivity contribution < 1.29 is 9.21 Å².